The summed E-state index contributed by atoms with van der Waals surface area (Å²) in [6.07, 6.45) is 1.93. The number of rotatable bonds is 4. The van der Waals surface area contributed by atoms with Gasteiger partial charge in [-0.05, 0) is 31.9 Å². The van der Waals surface area contributed by atoms with Gasteiger partial charge in [-0.25, -0.2) is 4.98 Å². The van der Waals surface area contributed by atoms with Crippen molar-refractivity contribution in [2.75, 3.05) is 30.4 Å². The van der Waals surface area contributed by atoms with Crippen molar-refractivity contribution in [3.63, 3.8) is 0 Å². The van der Waals surface area contributed by atoms with Crippen molar-refractivity contribution in [1.29, 1.82) is 0 Å². The summed E-state index contributed by atoms with van der Waals surface area (Å²) in [5.41, 5.74) is 0. The smallest absolute Gasteiger partial charge is 0.242 e. The Bertz CT molecular complexity index is 421. The third-order valence-electron chi connectivity index (χ3n) is 3.19. The maximum Gasteiger partial charge on any atom is 0.242 e. The van der Waals surface area contributed by atoms with Crippen molar-refractivity contribution in [2.24, 2.45) is 0 Å². The Morgan fingerprint density at radius 3 is 3.11 bits per heavy atom. The molecular formula is C13H20N4O. The number of hydrogen-bond donors (Lipinski definition) is 2. The predicted octanol–water partition coefficient (Wildman–Crippen LogP) is 1.23. The van der Waals surface area contributed by atoms with Crippen molar-refractivity contribution < 1.29 is 4.79 Å². The van der Waals surface area contributed by atoms with Crippen LogP contribution in [-0.2, 0) is 4.79 Å². The van der Waals surface area contributed by atoms with Crippen molar-refractivity contribution in [2.45, 2.75) is 25.8 Å². The highest BCUT2D eigenvalue weighted by Crippen LogP contribution is 2.24. The van der Waals surface area contributed by atoms with Crippen LogP contribution in [0.1, 0.15) is 19.8 Å². The van der Waals surface area contributed by atoms with E-state index in [1.54, 1.807) is 7.05 Å². The number of pyridine rings is 1. The molecule has 2 heterocycles. The normalized spacial score (nSPS) is 18.8. The summed E-state index contributed by atoms with van der Waals surface area (Å²) in [4.78, 5) is 18.4. The molecule has 0 spiro atoms. The largest absolute Gasteiger partial charge is 0.370 e. The highest BCUT2D eigenvalue weighted by molar-refractivity contribution is 5.85. The van der Waals surface area contributed by atoms with Gasteiger partial charge in [0.1, 0.15) is 17.7 Å². The Hall–Kier alpha value is -1.78. The van der Waals surface area contributed by atoms with E-state index in [0.29, 0.717) is 0 Å². The summed E-state index contributed by atoms with van der Waals surface area (Å²) >= 11 is 0. The average Bonchev–Trinajstić information content (AvgIpc) is 2.88. The quantitative estimate of drug-likeness (QED) is 0.841. The molecule has 1 aromatic rings. The van der Waals surface area contributed by atoms with E-state index in [4.69, 9.17) is 0 Å². The molecule has 2 N–H and O–H groups in total. The summed E-state index contributed by atoms with van der Waals surface area (Å²) in [5.74, 6) is 1.81. The first-order chi connectivity index (χ1) is 8.76. The van der Waals surface area contributed by atoms with Crippen LogP contribution in [0.15, 0.2) is 18.2 Å². The van der Waals surface area contributed by atoms with Gasteiger partial charge < -0.3 is 15.5 Å². The van der Waals surface area contributed by atoms with Crippen molar-refractivity contribution >= 4 is 17.5 Å². The maximum absolute atomic E-state index is 11.8. The van der Waals surface area contributed by atoms with E-state index in [-0.39, 0.29) is 11.9 Å². The van der Waals surface area contributed by atoms with Gasteiger partial charge >= 0.3 is 0 Å². The van der Waals surface area contributed by atoms with Gasteiger partial charge in [0.25, 0.3) is 0 Å². The molecule has 1 aliphatic rings. The first-order valence-corrected chi connectivity index (χ1v) is 6.45. The first-order valence-electron chi connectivity index (χ1n) is 6.45. The molecule has 0 radical (unpaired) electrons. The van der Waals surface area contributed by atoms with Crippen LogP contribution in [0.5, 0.6) is 0 Å². The molecule has 1 aromatic heterocycles. The zero-order valence-corrected chi connectivity index (χ0v) is 10.9. The van der Waals surface area contributed by atoms with Gasteiger partial charge in [0.2, 0.25) is 5.91 Å². The second kappa shape index (κ2) is 5.71. The van der Waals surface area contributed by atoms with Crippen LogP contribution in [0.2, 0.25) is 0 Å². The van der Waals surface area contributed by atoms with E-state index in [2.05, 4.69) is 20.5 Å². The second-order valence-electron chi connectivity index (χ2n) is 4.38. The standard InChI is InChI=1S/C13H20N4O/c1-3-15-11-7-4-8-12(16-11)17-9-5-6-10(17)13(18)14-2/h4,7-8,10H,3,5-6,9H2,1-2H3,(H,14,18)(H,15,16). The van der Waals surface area contributed by atoms with E-state index in [9.17, 15) is 4.79 Å². The van der Waals surface area contributed by atoms with Crippen molar-refractivity contribution in [1.82, 2.24) is 10.3 Å². The Morgan fingerprint density at radius 2 is 2.39 bits per heavy atom. The zero-order valence-electron chi connectivity index (χ0n) is 10.9. The van der Waals surface area contributed by atoms with E-state index in [1.807, 2.05) is 25.1 Å². The summed E-state index contributed by atoms with van der Waals surface area (Å²) in [7, 11) is 1.68. The van der Waals surface area contributed by atoms with Crippen LogP contribution < -0.4 is 15.5 Å². The van der Waals surface area contributed by atoms with E-state index in [1.165, 1.54) is 0 Å². The van der Waals surface area contributed by atoms with Crippen LogP contribution in [0.25, 0.3) is 0 Å². The van der Waals surface area contributed by atoms with Gasteiger partial charge in [0.15, 0.2) is 0 Å². The van der Waals surface area contributed by atoms with E-state index >= 15 is 0 Å². The molecule has 5 heteroatoms. The molecule has 1 aliphatic heterocycles. The Kier molecular flexibility index (Phi) is 4.02. The third-order valence-corrected chi connectivity index (χ3v) is 3.19. The number of hydrogen-bond acceptors (Lipinski definition) is 4. The van der Waals surface area contributed by atoms with Crippen LogP contribution in [0, 0.1) is 0 Å². The average molecular weight is 248 g/mol. The topological polar surface area (TPSA) is 57.3 Å². The lowest BCUT2D eigenvalue weighted by Gasteiger charge is -2.24. The number of nitrogens with zero attached hydrogens (tertiary/aromatic N) is 2. The summed E-state index contributed by atoms with van der Waals surface area (Å²) in [5, 5.41) is 5.91. The molecule has 98 valence electrons. The number of carbonyl (C=O) groups excluding carboxylic acids is 1. The summed E-state index contributed by atoms with van der Waals surface area (Å²) in [6.45, 7) is 3.77. The number of nitrogens with one attached hydrogen (secondary N) is 2. The van der Waals surface area contributed by atoms with Crippen molar-refractivity contribution in [3.05, 3.63) is 18.2 Å². The van der Waals surface area contributed by atoms with Gasteiger partial charge in [0.05, 0.1) is 0 Å². The Labute approximate surface area is 108 Å². The molecule has 18 heavy (non-hydrogen) atoms. The van der Waals surface area contributed by atoms with Gasteiger partial charge in [-0.1, -0.05) is 6.07 Å². The molecular weight excluding hydrogens is 228 g/mol. The molecule has 5 nitrogen and oxygen atoms in total. The molecule has 0 aromatic carbocycles. The molecule has 1 fully saturated rings. The van der Waals surface area contributed by atoms with Crippen LogP contribution in [-0.4, -0.2) is 37.1 Å². The van der Waals surface area contributed by atoms with Crippen LogP contribution >= 0.6 is 0 Å². The molecule has 1 amide bonds. The molecule has 2 rings (SSSR count). The molecule has 1 unspecified atom stereocenters. The number of likely N-dealkylation sites (N-methyl/N-ethyl adjacent to an activating group) is 1. The minimum absolute atomic E-state index is 0.0724. The Balaban J connectivity index is 2.19. The van der Waals surface area contributed by atoms with Crippen LogP contribution in [0.3, 0.4) is 0 Å². The lowest BCUT2D eigenvalue weighted by molar-refractivity contribution is -0.121. The van der Waals surface area contributed by atoms with Gasteiger partial charge in [-0.15, -0.1) is 0 Å². The maximum atomic E-state index is 11.8. The monoisotopic (exact) mass is 248 g/mol. The molecule has 0 bridgehead atoms. The minimum Gasteiger partial charge on any atom is -0.370 e. The van der Waals surface area contributed by atoms with Crippen molar-refractivity contribution in [3.8, 4) is 0 Å². The zero-order chi connectivity index (χ0) is 13.0. The minimum atomic E-state index is -0.0839. The Morgan fingerprint density at radius 1 is 1.56 bits per heavy atom. The number of aromatic nitrogens is 1. The molecule has 0 saturated carbocycles. The lowest BCUT2D eigenvalue weighted by Crippen LogP contribution is -2.42. The predicted molar refractivity (Wildman–Crippen MR) is 72.8 cm³/mol. The number of anilines is 2. The second-order valence-corrected chi connectivity index (χ2v) is 4.38. The molecule has 1 saturated heterocycles. The fourth-order valence-corrected chi connectivity index (χ4v) is 2.34. The lowest BCUT2D eigenvalue weighted by atomic mass is 10.2. The third kappa shape index (κ3) is 2.55. The summed E-state index contributed by atoms with van der Waals surface area (Å²) in [6, 6.07) is 5.79. The fraction of sp³-hybridized carbons (Fsp3) is 0.538. The van der Waals surface area contributed by atoms with Gasteiger partial charge in [0, 0.05) is 20.1 Å². The fourth-order valence-electron chi connectivity index (χ4n) is 2.34. The van der Waals surface area contributed by atoms with E-state index < -0.39 is 0 Å². The van der Waals surface area contributed by atoms with Gasteiger partial charge in [-0.3, -0.25) is 4.79 Å². The first kappa shape index (κ1) is 12.7. The molecule has 1 atom stereocenters. The SMILES string of the molecule is CCNc1cccc(N2CCCC2C(=O)NC)n1. The highest BCUT2D eigenvalue weighted by atomic mass is 16.2. The van der Waals surface area contributed by atoms with E-state index in [0.717, 1.165) is 37.6 Å². The number of amides is 1. The van der Waals surface area contributed by atoms with Gasteiger partial charge in [-0.2, -0.15) is 0 Å². The highest BCUT2D eigenvalue weighted by Gasteiger charge is 2.30. The molecule has 0 aliphatic carbocycles. The number of carbonyl (C=O) groups is 1. The van der Waals surface area contributed by atoms with Crippen LogP contribution in [0.4, 0.5) is 11.6 Å². The summed E-state index contributed by atoms with van der Waals surface area (Å²) < 4.78 is 0.